The van der Waals surface area contributed by atoms with Crippen molar-refractivity contribution in [3.63, 3.8) is 0 Å². The molecule has 0 aliphatic carbocycles. The van der Waals surface area contributed by atoms with E-state index >= 15 is 0 Å². The summed E-state index contributed by atoms with van der Waals surface area (Å²) in [4.78, 5) is 48.0. The number of rotatable bonds is 38. The Kier molecular flexibility index (Phi) is 32.8. The maximum Gasteiger partial charge on any atom is 0.321 e. The van der Waals surface area contributed by atoms with Crippen LogP contribution in [0.4, 0.5) is 0 Å². The van der Waals surface area contributed by atoms with Crippen molar-refractivity contribution in [2.45, 2.75) is 219 Å². The van der Waals surface area contributed by atoms with Crippen LogP contribution in [0.15, 0.2) is 0 Å². The third-order valence-corrected chi connectivity index (χ3v) is 9.81. The van der Waals surface area contributed by atoms with Gasteiger partial charge in [0.15, 0.2) is 5.41 Å². The number of hydrogen-bond acceptors (Lipinski definition) is 6. The van der Waals surface area contributed by atoms with Crippen LogP contribution >= 0.6 is 0 Å². The van der Waals surface area contributed by atoms with Gasteiger partial charge in [-0.25, -0.2) is 0 Å². The zero-order valence-electron chi connectivity index (χ0n) is 31.9. The molecule has 0 amide bonds. The molecule has 0 bridgehead atoms. The SMILES string of the molecule is CCCCCCCCCOC(=O)CCCCCCCCCC(CCCCCCCCCC(=O)OCCCCCCCCC)(C(=O)O)C(=O)O. The summed E-state index contributed by atoms with van der Waals surface area (Å²) in [5.41, 5.74) is -1.70. The minimum atomic E-state index is -1.70. The maximum atomic E-state index is 12.1. The molecule has 0 aromatic rings. The van der Waals surface area contributed by atoms with E-state index < -0.39 is 17.4 Å². The standard InChI is InChI=1S/C41H76O8/c1-3-5-7-9-17-23-29-35-48-37(42)31-25-19-13-11-15-21-27-33-41(39(44)45,40(46)47)34-28-22-16-12-14-20-26-32-38(43)49-36-30-24-18-10-8-6-4-2/h3-36H2,1-2H3,(H,44,45)(H,46,47). The van der Waals surface area contributed by atoms with E-state index in [1.165, 1.54) is 64.2 Å². The first-order valence-electron chi connectivity index (χ1n) is 20.6. The van der Waals surface area contributed by atoms with E-state index in [-0.39, 0.29) is 24.8 Å². The predicted molar refractivity (Wildman–Crippen MR) is 199 cm³/mol. The molecule has 288 valence electrons. The number of esters is 2. The molecule has 0 aliphatic heterocycles. The monoisotopic (exact) mass is 697 g/mol. The van der Waals surface area contributed by atoms with E-state index in [9.17, 15) is 29.4 Å². The smallest absolute Gasteiger partial charge is 0.321 e. The first kappa shape index (κ1) is 46.9. The summed E-state index contributed by atoms with van der Waals surface area (Å²) in [6.07, 6.45) is 30.4. The van der Waals surface area contributed by atoms with Crippen molar-refractivity contribution in [1.29, 1.82) is 0 Å². The number of ether oxygens (including phenoxy) is 2. The zero-order valence-corrected chi connectivity index (χ0v) is 31.9. The van der Waals surface area contributed by atoms with Crippen molar-refractivity contribution in [1.82, 2.24) is 0 Å². The fourth-order valence-corrected chi connectivity index (χ4v) is 6.44. The van der Waals surface area contributed by atoms with Crippen molar-refractivity contribution in [2.24, 2.45) is 5.41 Å². The minimum Gasteiger partial charge on any atom is -0.480 e. The van der Waals surface area contributed by atoms with Crippen LogP contribution in [0.5, 0.6) is 0 Å². The average Bonchev–Trinajstić information content (AvgIpc) is 3.07. The quantitative estimate of drug-likeness (QED) is 0.0371. The van der Waals surface area contributed by atoms with E-state index in [1.807, 2.05) is 0 Å². The topological polar surface area (TPSA) is 127 Å². The number of carbonyl (C=O) groups excluding carboxylic acids is 2. The molecule has 8 nitrogen and oxygen atoms in total. The summed E-state index contributed by atoms with van der Waals surface area (Å²) in [5, 5.41) is 19.7. The number of aliphatic carboxylic acids is 2. The van der Waals surface area contributed by atoms with E-state index in [0.717, 1.165) is 103 Å². The third kappa shape index (κ3) is 28.3. The fraction of sp³-hybridized carbons (Fsp3) is 0.902. The van der Waals surface area contributed by atoms with Crippen molar-refractivity contribution in [3.05, 3.63) is 0 Å². The van der Waals surface area contributed by atoms with Crippen molar-refractivity contribution in [2.75, 3.05) is 13.2 Å². The van der Waals surface area contributed by atoms with Crippen LogP contribution in [-0.2, 0) is 28.7 Å². The predicted octanol–water partition coefficient (Wildman–Crippen LogP) is 11.8. The van der Waals surface area contributed by atoms with Gasteiger partial charge in [0.05, 0.1) is 13.2 Å². The second-order valence-corrected chi connectivity index (χ2v) is 14.3. The van der Waals surface area contributed by atoms with E-state index in [2.05, 4.69) is 13.8 Å². The Morgan fingerprint density at radius 3 is 0.959 bits per heavy atom. The maximum absolute atomic E-state index is 12.1. The lowest BCUT2D eigenvalue weighted by Gasteiger charge is -2.25. The summed E-state index contributed by atoms with van der Waals surface area (Å²) in [5.74, 6) is -2.66. The largest absolute Gasteiger partial charge is 0.480 e. The number of carboxylic acids is 2. The normalized spacial score (nSPS) is 11.5. The van der Waals surface area contributed by atoms with Gasteiger partial charge in [-0.05, 0) is 38.5 Å². The highest BCUT2D eigenvalue weighted by atomic mass is 16.5. The van der Waals surface area contributed by atoms with Gasteiger partial charge in [-0.15, -0.1) is 0 Å². The molecule has 0 rings (SSSR count). The van der Waals surface area contributed by atoms with E-state index in [4.69, 9.17) is 9.47 Å². The van der Waals surface area contributed by atoms with Crippen LogP contribution < -0.4 is 0 Å². The lowest BCUT2D eigenvalue weighted by Crippen LogP contribution is -2.39. The van der Waals surface area contributed by atoms with Crippen LogP contribution in [0.2, 0.25) is 0 Å². The fourth-order valence-electron chi connectivity index (χ4n) is 6.44. The van der Waals surface area contributed by atoms with Gasteiger partial charge in [0.2, 0.25) is 0 Å². The molecule has 0 atom stereocenters. The lowest BCUT2D eigenvalue weighted by molar-refractivity contribution is -0.166. The lowest BCUT2D eigenvalue weighted by atomic mass is 9.78. The summed E-state index contributed by atoms with van der Waals surface area (Å²) < 4.78 is 10.7. The molecule has 49 heavy (non-hydrogen) atoms. The summed E-state index contributed by atoms with van der Waals surface area (Å²) >= 11 is 0. The second kappa shape index (κ2) is 34.3. The van der Waals surface area contributed by atoms with Gasteiger partial charge in [-0.1, -0.05) is 168 Å². The molecule has 0 fully saturated rings. The van der Waals surface area contributed by atoms with Crippen LogP contribution in [0, 0.1) is 5.41 Å². The number of carboxylic acid groups (broad SMARTS) is 2. The molecule has 8 heteroatoms. The molecule has 0 radical (unpaired) electrons. The van der Waals surface area contributed by atoms with Crippen molar-refractivity contribution < 1.29 is 38.9 Å². The van der Waals surface area contributed by atoms with Gasteiger partial charge < -0.3 is 19.7 Å². The molecule has 0 saturated heterocycles. The number of hydrogen-bond donors (Lipinski definition) is 2. The molecular weight excluding hydrogens is 620 g/mol. The summed E-state index contributed by atoms with van der Waals surface area (Å²) in [6.45, 7) is 5.49. The highest BCUT2D eigenvalue weighted by Crippen LogP contribution is 2.33. The van der Waals surface area contributed by atoms with Gasteiger partial charge in [0, 0.05) is 12.8 Å². The molecule has 0 aliphatic rings. The Labute approximate surface area is 300 Å². The Hall–Kier alpha value is -2.12. The summed E-state index contributed by atoms with van der Waals surface area (Å²) in [6, 6.07) is 0. The summed E-state index contributed by atoms with van der Waals surface area (Å²) in [7, 11) is 0. The van der Waals surface area contributed by atoms with Crippen LogP contribution in [-0.4, -0.2) is 47.3 Å². The minimum absolute atomic E-state index is 0.104. The Bertz CT molecular complexity index is 745. The molecule has 0 spiro atoms. The van der Waals surface area contributed by atoms with Gasteiger partial charge in [0.25, 0.3) is 0 Å². The molecule has 0 heterocycles. The molecule has 0 aromatic heterocycles. The highest BCUT2D eigenvalue weighted by Gasteiger charge is 2.45. The Morgan fingerprint density at radius 1 is 0.388 bits per heavy atom. The van der Waals surface area contributed by atoms with Crippen LogP contribution in [0.1, 0.15) is 219 Å². The first-order chi connectivity index (χ1) is 23.8. The first-order valence-corrected chi connectivity index (χ1v) is 20.6. The Morgan fingerprint density at radius 2 is 0.653 bits per heavy atom. The molecule has 0 saturated carbocycles. The average molecular weight is 697 g/mol. The van der Waals surface area contributed by atoms with Crippen molar-refractivity contribution in [3.8, 4) is 0 Å². The van der Waals surface area contributed by atoms with Gasteiger partial charge in [-0.3, -0.25) is 19.2 Å². The van der Waals surface area contributed by atoms with Crippen molar-refractivity contribution >= 4 is 23.9 Å². The van der Waals surface area contributed by atoms with Crippen LogP contribution in [0.25, 0.3) is 0 Å². The van der Waals surface area contributed by atoms with Gasteiger partial charge in [0.1, 0.15) is 0 Å². The molecule has 2 N–H and O–H groups in total. The number of unbranched alkanes of at least 4 members (excludes halogenated alkanes) is 24. The van der Waals surface area contributed by atoms with Crippen LogP contribution in [0.3, 0.4) is 0 Å². The van der Waals surface area contributed by atoms with Gasteiger partial charge >= 0.3 is 23.9 Å². The second-order valence-electron chi connectivity index (χ2n) is 14.3. The third-order valence-electron chi connectivity index (χ3n) is 9.81. The van der Waals surface area contributed by atoms with E-state index in [0.29, 0.717) is 38.9 Å². The van der Waals surface area contributed by atoms with E-state index in [1.54, 1.807) is 0 Å². The Balaban J connectivity index is 3.87. The zero-order chi connectivity index (χ0) is 36.3. The molecule has 0 unspecified atom stereocenters. The molecule has 0 aromatic carbocycles. The number of carbonyl (C=O) groups is 4. The highest BCUT2D eigenvalue weighted by molar-refractivity contribution is 5.98. The molecular formula is C41H76O8. The van der Waals surface area contributed by atoms with Gasteiger partial charge in [-0.2, -0.15) is 0 Å².